The molecule has 4 nitrogen and oxygen atoms in total. The summed E-state index contributed by atoms with van der Waals surface area (Å²) in [4.78, 5) is 4.00. The van der Waals surface area contributed by atoms with E-state index in [1.54, 1.807) is 0 Å². The van der Waals surface area contributed by atoms with Crippen LogP contribution >= 0.6 is 23.4 Å². The zero-order valence-electron chi connectivity index (χ0n) is 7.91. The van der Waals surface area contributed by atoms with Gasteiger partial charge in [0.1, 0.15) is 11.3 Å². The monoisotopic (exact) mass is 259 g/mol. The van der Waals surface area contributed by atoms with Crippen molar-refractivity contribution in [1.29, 1.82) is 0 Å². The number of oxazole rings is 1. The van der Waals surface area contributed by atoms with E-state index in [-0.39, 0.29) is 26.5 Å². The average molecular weight is 260 g/mol. The smallest absolute Gasteiger partial charge is 0.260 e. The van der Waals surface area contributed by atoms with Crippen molar-refractivity contribution in [2.24, 2.45) is 0 Å². The quantitative estimate of drug-likeness (QED) is 0.811. The lowest BCUT2D eigenvalue weighted by Crippen LogP contribution is -1.98. The highest BCUT2D eigenvalue weighted by Gasteiger charge is 2.16. The van der Waals surface area contributed by atoms with Gasteiger partial charge in [0.05, 0.1) is 22.5 Å². The topological polar surface area (TPSA) is 78.1 Å². The summed E-state index contributed by atoms with van der Waals surface area (Å²) < 4.78 is 18.7. The van der Waals surface area contributed by atoms with Gasteiger partial charge in [0.15, 0.2) is 5.82 Å². The number of rotatable bonds is 2. The Morgan fingerprint density at radius 2 is 2.12 bits per heavy atom. The zero-order chi connectivity index (χ0) is 11.7. The number of hydrogen-bond donors (Lipinski definition) is 2. The lowest BCUT2D eigenvalue weighted by atomic mass is 10.3. The summed E-state index contributed by atoms with van der Waals surface area (Å²) in [5, 5.41) is 0.134. The van der Waals surface area contributed by atoms with Crippen LogP contribution in [0.25, 0.3) is 0 Å². The van der Waals surface area contributed by atoms with Gasteiger partial charge in [-0.25, -0.2) is 9.37 Å². The summed E-state index contributed by atoms with van der Waals surface area (Å²) in [5.74, 6) is -0.664. The van der Waals surface area contributed by atoms with Crippen LogP contribution in [0.15, 0.2) is 33.1 Å². The Labute approximate surface area is 99.8 Å². The average Bonchev–Trinajstić information content (AvgIpc) is 2.74. The Morgan fingerprint density at radius 1 is 1.38 bits per heavy atom. The first-order valence-electron chi connectivity index (χ1n) is 4.20. The van der Waals surface area contributed by atoms with Gasteiger partial charge < -0.3 is 15.9 Å². The normalized spacial score (nSPS) is 10.6. The van der Waals surface area contributed by atoms with Gasteiger partial charge >= 0.3 is 0 Å². The van der Waals surface area contributed by atoms with Gasteiger partial charge in [-0.05, 0) is 17.8 Å². The fourth-order valence-corrected chi connectivity index (χ4v) is 2.07. The van der Waals surface area contributed by atoms with E-state index in [0.29, 0.717) is 0 Å². The molecule has 0 radical (unpaired) electrons. The van der Waals surface area contributed by atoms with Crippen LogP contribution in [-0.2, 0) is 0 Å². The molecule has 4 N–H and O–H groups in total. The first-order chi connectivity index (χ1) is 7.59. The summed E-state index contributed by atoms with van der Waals surface area (Å²) in [6, 6.07) is 1.40. The minimum absolute atomic E-state index is 0.105. The molecule has 16 heavy (non-hydrogen) atoms. The molecule has 0 aliphatic carbocycles. The van der Waals surface area contributed by atoms with Gasteiger partial charge in [-0.15, -0.1) is 0 Å². The van der Waals surface area contributed by atoms with Crippen molar-refractivity contribution < 1.29 is 8.81 Å². The molecule has 0 spiro atoms. The number of benzene rings is 1. The number of halogens is 2. The summed E-state index contributed by atoms with van der Waals surface area (Å²) in [6.45, 7) is 0. The number of nitrogens with two attached hydrogens (primary N) is 2. The molecule has 0 aliphatic rings. The molecule has 2 aromatic rings. The van der Waals surface area contributed by atoms with Crippen LogP contribution in [0.1, 0.15) is 0 Å². The van der Waals surface area contributed by atoms with Gasteiger partial charge in [0.2, 0.25) is 0 Å². The van der Waals surface area contributed by atoms with Crippen LogP contribution in [0.5, 0.6) is 0 Å². The molecule has 0 saturated carbocycles. The number of hydrogen-bond acceptors (Lipinski definition) is 5. The Hall–Kier alpha value is -1.40. The van der Waals surface area contributed by atoms with Crippen LogP contribution in [0.4, 0.5) is 15.8 Å². The van der Waals surface area contributed by atoms with Crippen molar-refractivity contribution in [2.45, 2.75) is 10.1 Å². The van der Waals surface area contributed by atoms with Crippen LogP contribution < -0.4 is 11.5 Å². The third kappa shape index (κ3) is 1.94. The van der Waals surface area contributed by atoms with Crippen LogP contribution in [-0.4, -0.2) is 4.98 Å². The maximum absolute atomic E-state index is 13.7. The summed E-state index contributed by atoms with van der Waals surface area (Å²) >= 11 is 6.63. The Balaban J connectivity index is 2.45. The van der Waals surface area contributed by atoms with Gasteiger partial charge in [0.25, 0.3) is 5.22 Å². The molecule has 7 heteroatoms. The summed E-state index contributed by atoms with van der Waals surface area (Å²) in [6.07, 6.45) is 2.84. The molecule has 2 rings (SSSR count). The Kier molecular flexibility index (Phi) is 2.93. The summed E-state index contributed by atoms with van der Waals surface area (Å²) in [5.41, 5.74) is 11.4. The molecule has 0 aliphatic heterocycles. The minimum atomic E-state index is -0.664. The zero-order valence-corrected chi connectivity index (χ0v) is 9.48. The SMILES string of the molecule is Nc1cc(N)c(Sc2ncco2)c(F)c1Cl. The van der Waals surface area contributed by atoms with Gasteiger partial charge in [-0.1, -0.05) is 11.6 Å². The Morgan fingerprint density at radius 3 is 2.75 bits per heavy atom. The molecular formula is C9H7ClFN3OS. The fraction of sp³-hybridized carbons (Fsp3) is 0. The Bertz CT molecular complexity index is 518. The second-order valence-corrected chi connectivity index (χ2v) is 4.25. The van der Waals surface area contributed by atoms with E-state index >= 15 is 0 Å². The second kappa shape index (κ2) is 4.23. The van der Waals surface area contributed by atoms with Gasteiger partial charge in [-0.3, -0.25) is 0 Å². The van der Waals surface area contributed by atoms with Crippen LogP contribution in [0.3, 0.4) is 0 Å². The minimum Gasteiger partial charge on any atom is -0.440 e. The van der Waals surface area contributed by atoms with Crippen molar-refractivity contribution >= 4 is 34.7 Å². The van der Waals surface area contributed by atoms with Crippen molar-refractivity contribution in [1.82, 2.24) is 4.98 Å². The summed E-state index contributed by atoms with van der Waals surface area (Å²) in [7, 11) is 0. The third-order valence-corrected chi connectivity index (χ3v) is 3.20. The first-order valence-corrected chi connectivity index (χ1v) is 5.39. The second-order valence-electron chi connectivity index (χ2n) is 2.91. The number of nitrogens with zero attached hydrogens (tertiary/aromatic N) is 1. The predicted molar refractivity (Wildman–Crippen MR) is 60.9 cm³/mol. The predicted octanol–water partition coefficient (Wildman–Crippen LogP) is 2.78. The van der Waals surface area contributed by atoms with Crippen LogP contribution in [0.2, 0.25) is 5.02 Å². The molecule has 1 heterocycles. The van der Waals surface area contributed by atoms with E-state index in [2.05, 4.69) is 4.98 Å². The first kappa shape index (κ1) is 11.1. The molecule has 0 atom stereocenters. The maximum Gasteiger partial charge on any atom is 0.260 e. The van der Waals surface area contributed by atoms with Crippen molar-refractivity contribution in [3.63, 3.8) is 0 Å². The molecule has 0 amide bonds. The van der Waals surface area contributed by atoms with Crippen molar-refractivity contribution in [2.75, 3.05) is 11.5 Å². The molecular weight excluding hydrogens is 253 g/mol. The molecule has 0 fully saturated rings. The molecule has 1 aromatic carbocycles. The van der Waals surface area contributed by atoms with E-state index in [9.17, 15) is 4.39 Å². The van der Waals surface area contributed by atoms with Crippen molar-refractivity contribution in [3.8, 4) is 0 Å². The molecule has 84 valence electrons. The van der Waals surface area contributed by atoms with E-state index in [1.807, 2.05) is 0 Å². The van der Waals surface area contributed by atoms with E-state index < -0.39 is 5.82 Å². The third-order valence-electron chi connectivity index (χ3n) is 1.82. The fourth-order valence-electron chi connectivity index (χ4n) is 1.10. The van der Waals surface area contributed by atoms with Crippen LogP contribution in [0, 0.1) is 5.82 Å². The van der Waals surface area contributed by atoms with E-state index in [4.69, 9.17) is 27.5 Å². The highest BCUT2D eigenvalue weighted by atomic mass is 35.5. The highest BCUT2D eigenvalue weighted by Crippen LogP contribution is 2.38. The standard InChI is InChI=1S/C9H7ClFN3OS/c10-6-4(12)3-5(13)8(7(6)11)16-9-14-1-2-15-9/h1-3H,12-13H2. The van der Waals surface area contributed by atoms with Gasteiger partial charge in [-0.2, -0.15) is 0 Å². The molecule has 0 bridgehead atoms. The largest absolute Gasteiger partial charge is 0.440 e. The number of nitrogen functional groups attached to an aromatic ring is 2. The highest BCUT2D eigenvalue weighted by molar-refractivity contribution is 7.99. The molecule has 0 saturated heterocycles. The number of anilines is 2. The lowest BCUT2D eigenvalue weighted by molar-refractivity contribution is 0.453. The lowest BCUT2D eigenvalue weighted by Gasteiger charge is -2.08. The molecule has 0 unspecified atom stereocenters. The maximum atomic E-state index is 13.7. The van der Waals surface area contributed by atoms with Crippen molar-refractivity contribution in [3.05, 3.63) is 29.4 Å². The van der Waals surface area contributed by atoms with E-state index in [0.717, 1.165) is 11.8 Å². The van der Waals surface area contributed by atoms with Gasteiger partial charge in [0, 0.05) is 0 Å². The number of aromatic nitrogens is 1. The molecule has 1 aromatic heterocycles. The van der Waals surface area contributed by atoms with E-state index in [1.165, 1.54) is 18.5 Å².